The highest BCUT2D eigenvalue weighted by Gasteiger charge is 2.23. The van der Waals surface area contributed by atoms with Crippen molar-refractivity contribution < 1.29 is 19.1 Å². The monoisotopic (exact) mass is 320 g/mol. The fourth-order valence-electron chi connectivity index (χ4n) is 2.07. The summed E-state index contributed by atoms with van der Waals surface area (Å²) in [6, 6.07) is 7.83. The summed E-state index contributed by atoms with van der Waals surface area (Å²) in [5.74, 6) is 0.844. The van der Waals surface area contributed by atoms with Gasteiger partial charge in [0.05, 0.1) is 12.3 Å². The van der Waals surface area contributed by atoms with Crippen LogP contribution in [0, 0.1) is 6.92 Å². The van der Waals surface area contributed by atoms with E-state index < -0.39 is 11.7 Å². The quantitative estimate of drug-likeness (QED) is 0.905. The van der Waals surface area contributed by atoms with Crippen LogP contribution in [0.15, 0.2) is 29.4 Å². The molecule has 1 unspecified atom stereocenters. The average Bonchev–Trinajstić information content (AvgIpc) is 2.90. The molecule has 23 heavy (non-hydrogen) atoms. The molecule has 1 aromatic carbocycles. The second-order valence-corrected chi connectivity index (χ2v) is 6.52. The van der Waals surface area contributed by atoms with Gasteiger partial charge in [-0.2, -0.15) is 0 Å². The molecule has 1 aliphatic rings. The third-order valence-electron chi connectivity index (χ3n) is 3.15. The van der Waals surface area contributed by atoms with Gasteiger partial charge in [0, 0.05) is 6.42 Å². The molecule has 0 fully saturated rings. The third kappa shape index (κ3) is 5.81. The van der Waals surface area contributed by atoms with Crippen molar-refractivity contribution in [3.05, 3.63) is 29.8 Å². The van der Waals surface area contributed by atoms with Crippen LogP contribution in [0.5, 0.6) is 5.75 Å². The van der Waals surface area contributed by atoms with Crippen LogP contribution < -0.4 is 10.1 Å². The van der Waals surface area contributed by atoms with E-state index in [1.807, 2.05) is 52.0 Å². The van der Waals surface area contributed by atoms with E-state index in [1.165, 1.54) is 0 Å². The number of carbonyl (C=O) groups excluding carboxylic acids is 1. The van der Waals surface area contributed by atoms with Crippen LogP contribution in [0.4, 0.5) is 4.79 Å². The van der Waals surface area contributed by atoms with Gasteiger partial charge < -0.3 is 19.6 Å². The summed E-state index contributed by atoms with van der Waals surface area (Å²) in [4.78, 5) is 16.9. The largest absolute Gasteiger partial charge is 0.489 e. The fourth-order valence-corrected chi connectivity index (χ4v) is 2.07. The molecule has 1 N–H and O–H groups in total. The Balaban J connectivity index is 1.70. The van der Waals surface area contributed by atoms with Crippen molar-refractivity contribution in [3.63, 3.8) is 0 Å². The van der Waals surface area contributed by atoms with E-state index in [4.69, 9.17) is 14.3 Å². The number of benzene rings is 1. The molecule has 0 aromatic heterocycles. The number of oxime groups is 1. The van der Waals surface area contributed by atoms with Gasteiger partial charge in [0.2, 0.25) is 0 Å². The molecule has 6 nitrogen and oxygen atoms in total. The zero-order valence-electron chi connectivity index (χ0n) is 14.1. The number of nitrogens with zero attached hydrogens (tertiary/aromatic N) is 1. The van der Waals surface area contributed by atoms with E-state index >= 15 is 0 Å². The Hall–Kier alpha value is -2.24. The Morgan fingerprint density at radius 3 is 2.83 bits per heavy atom. The van der Waals surface area contributed by atoms with E-state index in [0.717, 1.165) is 17.0 Å². The van der Waals surface area contributed by atoms with Crippen LogP contribution >= 0.6 is 0 Å². The van der Waals surface area contributed by atoms with E-state index in [9.17, 15) is 4.79 Å². The highest BCUT2D eigenvalue weighted by atomic mass is 16.7. The van der Waals surface area contributed by atoms with Gasteiger partial charge in [0.15, 0.2) is 6.10 Å². The maximum atomic E-state index is 11.6. The summed E-state index contributed by atoms with van der Waals surface area (Å²) in [6.07, 6.45) is 0.0339. The first kappa shape index (κ1) is 17.1. The number of nitrogens with one attached hydrogen (secondary N) is 1. The Kier molecular flexibility index (Phi) is 5.47. The lowest BCUT2D eigenvalue weighted by atomic mass is 10.2. The number of carbonyl (C=O) groups is 1. The summed E-state index contributed by atoms with van der Waals surface area (Å²) >= 11 is 0. The van der Waals surface area contributed by atoms with Crippen molar-refractivity contribution in [2.45, 2.75) is 45.8 Å². The summed E-state index contributed by atoms with van der Waals surface area (Å²) in [5.41, 5.74) is 1.34. The van der Waals surface area contributed by atoms with Crippen molar-refractivity contribution in [2.75, 3.05) is 13.2 Å². The van der Waals surface area contributed by atoms with Crippen LogP contribution in [0.2, 0.25) is 0 Å². The van der Waals surface area contributed by atoms with Crippen LogP contribution in [0.1, 0.15) is 32.8 Å². The van der Waals surface area contributed by atoms with Crippen LogP contribution in [0.3, 0.4) is 0 Å². The summed E-state index contributed by atoms with van der Waals surface area (Å²) in [7, 11) is 0. The van der Waals surface area contributed by atoms with E-state index in [2.05, 4.69) is 10.5 Å². The number of ether oxygens (including phenoxy) is 2. The van der Waals surface area contributed by atoms with Gasteiger partial charge in [0.25, 0.3) is 0 Å². The second kappa shape index (κ2) is 7.35. The molecular weight excluding hydrogens is 296 g/mol. The number of alkyl carbamates (subject to hydrolysis) is 1. The Morgan fingerprint density at radius 1 is 1.39 bits per heavy atom. The number of aryl methyl sites for hydroxylation is 1. The Bertz CT molecular complexity index is 578. The maximum Gasteiger partial charge on any atom is 0.407 e. The molecule has 0 spiro atoms. The van der Waals surface area contributed by atoms with Crippen molar-refractivity contribution in [2.24, 2.45) is 5.16 Å². The van der Waals surface area contributed by atoms with Gasteiger partial charge in [-0.25, -0.2) is 4.79 Å². The molecule has 0 bridgehead atoms. The highest BCUT2D eigenvalue weighted by Crippen LogP contribution is 2.18. The molecule has 1 aromatic rings. The first-order valence-electron chi connectivity index (χ1n) is 7.70. The molecule has 0 saturated carbocycles. The first-order chi connectivity index (χ1) is 10.8. The first-order valence-corrected chi connectivity index (χ1v) is 7.70. The summed E-state index contributed by atoms with van der Waals surface area (Å²) in [6.45, 7) is 8.20. The molecule has 6 heteroatoms. The lowest BCUT2D eigenvalue weighted by Gasteiger charge is -2.19. The maximum absolute atomic E-state index is 11.6. The third-order valence-corrected chi connectivity index (χ3v) is 3.15. The predicted molar refractivity (Wildman–Crippen MR) is 87.8 cm³/mol. The lowest BCUT2D eigenvalue weighted by Crippen LogP contribution is -2.35. The molecule has 1 aliphatic heterocycles. The number of hydrogen-bond acceptors (Lipinski definition) is 5. The molecule has 0 radical (unpaired) electrons. The Labute approximate surface area is 136 Å². The van der Waals surface area contributed by atoms with E-state index in [1.54, 1.807) is 0 Å². The average molecular weight is 320 g/mol. The lowest BCUT2D eigenvalue weighted by molar-refractivity contribution is 0.0469. The van der Waals surface area contributed by atoms with Gasteiger partial charge in [-0.3, -0.25) is 0 Å². The van der Waals surface area contributed by atoms with Gasteiger partial charge in [0.1, 0.15) is 18.0 Å². The fraction of sp³-hybridized carbons (Fsp3) is 0.529. The minimum Gasteiger partial charge on any atom is -0.489 e. The molecular formula is C17H24N2O4. The minimum absolute atomic E-state index is 0.134. The standard InChI is InChI=1S/C17H24N2O4/c1-12-7-5-6-8-15(12)21-11-14-9-13(19-23-14)10-18-16(20)22-17(2,3)4/h5-8,14H,9-11H2,1-4H3,(H,18,20). The molecule has 2 rings (SSSR count). The summed E-state index contributed by atoms with van der Waals surface area (Å²) < 4.78 is 10.9. The van der Waals surface area contributed by atoms with Gasteiger partial charge in [-0.1, -0.05) is 23.4 Å². The molecule has 1 amide bonds. The highest BCUT2D eigenvalue weighted by molar-refractivity contribution is 5.89. The van der Waals surface area contributed by atoms with Gasteiger partial charge in [-0.15, -0.1) is 0 Å². The van der Waals surface area contributed by atoms with Crippen molar-refractivity contribution >= 4 is 11.8 Å². The number of para-hydroxylation sites is 1. The normalized spacial score (nSPS) is 17.2. The number of amides is 1. The second-order valence-electron chi connectivity index (χ2n) is 6.52. The molecule has 0 saturated heterocycles. The SMILES string of the molecule is Cc1ccccc1OCC1CC(CNC(=O)OC(C)(C)C)=NO1. The topological polar surface area (TPSA) is 69.2 Å². The van der Waals surface area contributed by atoms with Gasteiger partial charge in [-0.05, 0) is 39.3 Å². The van der Waals surface area contributed by atoms with Crippen molar-refractivity contribution in [1.29, 1.82) is 0 Å². The van der Waals surface area contributed by atoms with Crippen LogP contribution in [-0.2, 0) is 9.57 Å². The summed E-state index contributed by atoms with van der Waals surface area (Å²) in [5, 5.41) is 6.66. The predicted octanol–water partition coefficient (Wildman–Crippen LogP) is 3.04. The van der Waals surface area contributed by atoms with Crippen LogP contribution in [-0.4, -0.2) is 36.7 Å². The molecule has 126 valence electrons. The van der Waals surface area contributed by atoms with Crippen LogP contribution in [0.25, 0.3) is 0 Å². The molecule has 1 heterocycles. The molecule has 0 aliphatic carbocycles. The van der Waals surface area contributed by atoms with E-state index in [0.29, 0.717) is 19.6 Å². The smallest absolute Gasteiger partial charge is 0.407 e. The molecule has 1 atom stereocenters. The zero-order valence-corrected chi connectivity index (χ0v) is 14.1. The Morgan fingerprint density at radius 2 is 2.13 bits per heavy atom. The van der Waals surface area contributed by atoms with Crippen molar-refractivity contribution in [3.8, 4) is 5.75 Å². The van der Waals surface area contributed by atoms with Crippen molar-refractivity contribution in [1.82, 2.24) is 5.32 Å². The van der Waals surface area contributed by atoms with Gasteiger partial charge >= 0.3 is 6.09 Å². The number of hydrogen-bond donors (Lipinski definition) is 1. The van der Waals surface area contributed by atoms with E-state index in [-0.39, 0.29) is 6.10 Å². The zero-order chi connectivity index (χ0) is 16.9. The number of rotatable bonds is 5. The minimum atomic E-state index is -0.512.